The molecule has 10 heteroatoms. The molecular formula is C27H38N2O7S. The minimum atomic E-state index is -3.45. The average molecular weight is 535 g/mol. The highest BCUT2D eigenvalue weighted by Crippen LogP contribution is 2.21. The first-order valence-corrected chi connectivity index (χ1v) is 13.9. The summed E-state index contributed by atoms with van der Waals surface area (Å²) in [5, 5.41) is 11.8. The topological polar surface area (TPSA) is 122 Å². The minimum absolute atomic E-state index is 0.0790. The Morgan fingerprint density at radius 2 is 1.62 bits per heavy atom. The summed E-state index contributed by atoms with van der Waals surface area (Å²) in [7, 11) is -2.01. The first kappa shape index (κ1) is 30.1. The van der Waals surface area contributed by atoms with Crippen molar-refractivity contribution in [3.05, 3.63) is 65.2 Å². The lowest BCUT2D eigenvalue weighted by atomic mass is 9.91. The van der Waals surface area contributed by atoms with Gasteiger partial charge in [0, 0.05) is 20.1 Å². The number of aliphatic hydroxyl groups is 1. The number of nitrogens with zero attached hydrogens (tertiary/aromatic N) is 1. The Kier molecular flexibility index (Phi) is 10.1. The molecule has 0 fully saturated rings. The largest absolute Gasteiger partial charge is 0.459 e. The number of rotatable bonds is 11. The van der Waals surface area contributed by atoms with Crippen LogP contribution in [0.15, 0.2) is 48.5 Å². The molecule has 0 heterocycles. The molecule has 0 aliphatic heterocycles. The van der Waals surface area contributed by atoms with E-state index in [-0.39, 0.29) is 19.6 Å². The number of carbonyl (C=O) groups excluding carboxylic acids is 2. The van der Waals surface area contributed by atoms with Crippen LogP contribution >= 0.6 is 0 Å². The Bertz CT molecular complexity index is 1190. The minimum Gasteiger partial charge on any atom is -0.459 e. The number of esters is 1. The van der Waals surface area contributed by atoms with Gasteiger partial charge in [-0.05, 0) is 69.4 Å². The molecule has 0 aromatic heterocycles. The van der Waals surface area contributed by atoms with Gasteiger partial charge in [0.15, 0.2) is 0 Å². The molecule has 0 radical (unpaired) electrons. The fourth-order valence-electron chi connectivity index (χ4n) is 3.62. The third-order valence-electron chi connectivity index (χ3n) is 5.54. The van der Waals surface area contributed by atoms with Crippen molar-refractivity contribution in [1.82, 2.24) is 5.32 Å². The smallest absolute Gasteiger partial charge is 0.408 e. The van der Waals surface area contributed by atoms with E-state index >= 15 is 0 Å². The molecule has 2 rings (SSSR count). The molecule has 1 amide bonds. The van der Waals surface area contributed by atoms with Gasteiger partial charge in [0.25, 0.3) is 0 Å². The van der Waals surface area contributed by atoms with Gasteiger partial charge in [-0.25, -0.2) is 18.0 Å². The van der Waals surface area contributed by atoms with Gasteiger partial charge in [0.2, 0.25) is 10.0 Å². The lowest BCUT2D eigenvalue weighted by molar-refractivity contribution is -0.152. The van der Waals surface area contributed by atoms with Crippen molar-refractivity contribution in [1.29, 1.82) is 0 Å². The van der Waals surface area contributed by atoms with Gasteiger partial charge in [-0.3, -0.25) is 4.31 Å². The monoisotopic (exact) mass is 534 g/mol. The van der Waals surface area contributed by atoms with Crippen molar-refractivity contribution >= 4 is 27.8 Å². The Morgan fingerprint density at radius 3 is 2.24 bits per heavy atom. The molecule has 204 valence electrons. The molecule has 9 nitrogen and oxygen atoms in total. The number of amides is 1. The van der Waals surface area contributed by atoms with Crippen LogP contribution in [0.5, 0.6) is 0 Å². The standard InChI is InChI=1S/C27H38N2O7S/c1-26(2,3)36-25(32)28-27(4,18-21-11-7-10-20(16-21)13-9-15-30)24(31)35-19-22-12-8-14-23(17-22)29(5)37(6,33)34/h7-8,10-12,14,16-17,30H,9,13,15,18-19H2,1-6H3,(H,28,32)/t27-/m0/s1. The highest BCUT2D eigenvalue weighted by molar-refractivity contribution is 7.92. The summed E-state index contributed by atoms with van der Waals surface area (Å²) in [4.78, 5) is 26.0. The highest BCUT2D eigenvalue weighted by atomic mass is 32.2. The van der Waals surface area contributed by atoms with Crippen LogP contribution in [0.25, 0.3) is 0 Å². The summed E-state index contributed by atoms with van der Waals surface area (Å²) in [6.45, 7) is 6.73. The van der Waals surface area contributed by atoms with Crippen molar-refractivity contribution in [3.8, 4) is 0 Å². The predicted molar refractivity (Wildman–Crippen MR) is 143 cm³/mol. The van der Waals surface area contributed by atoms with Crippen LogP contribution in [0.1, 0.15) is 50.8 Å². The maximum absolute atomic E-state index is 13.3. The van der Waals surface area contributed by atoms with E-state index in [9.17, 15) is 18.0 Å². The number of hydrogen-bond donors (Lipinski definition) is 2. The van der Waals surface area contributed by atoms with Crippen LogP contribution in [0.4, 0.5) is 10.5 Å². The zero-order valence-electron chi connectivity index (χ0n) is 22.4. The number of alkyl carbamates (subject to hydrolysis) is 1. The molecule has 0 bridgehead atoms. The Balaban J connectivity index is 2.26. The van der Waals surface area contributed by atoms with Gasteiger partial charge >= 0.3 is 12.1 Å². The average Bonchev–Trinajstić information content (AvgIpc) is 2.79. The van der Waals surface area contributed by atoms with Crippen molar-refractivity contribution in [2.45, 2.75) is 64.7 Å². The van der Waals surface area contributed by atoms with Gasteiger partial charge < -0.3 is 19.9 Å². The zero-order valence-corrected chi connectivity index (χ0v) is 23.2. The maximum atomic E-state index is 13.3. The third kappa shape index (κ3) is 9.70. The third-order valence-corrected chi connectivity index (χ3v) is 6.75. The SMILES string of the molecule is CN(c1cccc(COC(=O)[C@](C)(Cc2cccc(CCCO)c2)NC(=O)OC(C)(C)C)c1)S(C)(=O)=O. The zero-order chi connectivity index (χ0) is 27.9. The number of aryl methyl sites for hydroxylation is 1. The van der Waals surface area contributed by atoms with Crippen LogP contribution < -0.4 is 9.62 Å². The van der Waals surface area contributed by atoms with Crippen molar-refractivity contribution < 1.29 is 32.6 Å². The summed E-state index contributed by atoms with van der Waals surface area (Å²) < 4.78 is 35.9. The lowest BCUT2D eigenvalue weighted by Crippen LogP contribution is -2.55. The summed E-state index contributed by atoms with van der Waals surface area (Å²) in [5.41, 5.74) is 0.635. The number of benzene rings is 2. The van der Waals surface area contributed by atoms with Crippen LogP contribution in [-0.4, -0.2) is 56.6 Å². The van der Waals surface area contributed by atoms with Gasteiger partial charge in [0.1, 0.15) is 17.7 Å². The van der Waals surface area contributed by atoms with Crippen LogP contribution in [0.3, 0.4) is 0 Å². The Hall–Kier alpha value is -3.11. The molecule has 0 saturated carbocycles. The van der Waals surface area contributed by atoms with Crippen molar-refractivity contribution in [3.63, 3.8) is 0 Å². The number of hydrogen-bond acceptors (Lipinski definition) is 7. The number of nitrogens with one attached hydrogen (secondary N) is 1. The van der Waals surface area contributed by atoms with E-state index in [2.05, 4.69) is 5.32 Å². The number of sulfonamides is 1. The van der Waals surface area contributed by atoms with E-state index in [4.69, 9.17) is 14.6 Å². The summed E-state index contributed by atoms with van der Waals surface area (Å²) in [6, 6.07) is 14.3. The predicted octanol–water partition coefficient (Wildman–Crippen LogP) is 3.58. The molecule has 0 aliphatic carbocycles. The number of anilines is 1. The second-order valence-corrected chi connectivity index (χ2v) is 12.3. The normalized spacial score (nSPS) is 13.4. The molecular weight excluding hydrogens is 496 g/mol. The molecule has 2 aromatic carbocycles. The summed E-state index contributed by atoms with van der Waals surface area (Å²) in [5.74, 6) is -0.666. The van der Waals surface area contributed by atoms with E-state index in [1.807, 2.05) is 24.3 Å². The fraction of sp³-hybridized carbons (Fsp3) is 0.481. The molecule has 0 unspecified atom stereocenters. The van der Waals surface area contributed by atoms with E-state index < -0.39 is 33.2 Å². The second-order valence-electron chi connectivity index (χ2n) is 10.3. The molecule has 2 aromatic rings. The van der Waals surface area contributed by atoms with Crippen LogP contribution in [0, 0.1) is 0 Å². The molecule has 0 spiro atoms. The maximum Gasteiger partial charge on any atom is 0.408 e. The number of carbonyl (C=O) groups is 2. The van der Waals surface area contributed by atoms with Crippen LogP contribution in [0.2, 0.25) is 0 Å². The quantitative estimate of drug-likeness (QED) is 0.423. The van der Waals surface area contributed by atoms with Gasteiger partial charge in [-0.2, -0.15) is 0 Å². The highest BCUT2D eigenvalue weighted by Gasteiger charge is 2.38. The molecule has 0 aliphatic rings. The van der Waals surface area contributed by atoms with E-state index in [1.54, 1.807) is 52.0 Å². The lowest BCUT2D eigenvalue weighted by Gasteiger charge is -2.30. The summed E-state index contributed by atoms with van der Waals surface area (Å²) >= 11 is 0. The fourth-order valence-corrected chi connectivity index (χ4v) is 4.12. The van der Waals surface area contributed by atoms with Crippen molar-refractivity contribution in [2.24, 2.45) is 0 Å². The van der Waals surface area contributed by atoms with Gasteiger partial charge in [0.05, 0.1) is 11.9 Å². The number of aliphatic hydroxyl groups excluding tert-OH is 1. The van der Waals surface area contributed by atoms with Gasteiger partial charge in [-0.1, -0.05) is 36.4 Å². The summed E-state index contributed by atoms with van der Waals surface area (Å²) in [6.07, 6.45) is 1.80. The Morgan fingerprint density at radius 1 is 1.00 bits per heavy atom. The van der Waals surface area contributed by atoms with E-state index in [0.717, 1.165) is 21.7 Å². The molecule has 37 heavy (non-hydrogen) atoms. The van der Waals surface area contributed by atoms with Crippen molar-refractivity contribution in [2.75, 3.05) is 24.2 Å². The molecule has 0 saturated heterocycles. The molecule has 1 atom stereocenters. The van der Waals surface area contributed by atoms with E-state index in [1.165, 1.54) is 7.05 Å². The Labute approximate surface area is 219 Å². The van der Waals surface area contributed by atoms with Crippen LogP contribution in [-0.2, 0) is 43.7 Å². The number of ether oxygens (including phenoxy) is 2. The second kappa shape index (κ2) is 12.4. The van der Waals surface area contributed by atoms with Gasteiger partial charge in [-0.15, -0.1) is 0 Å². The first-order valence-electron chi connectivity index (χ1n) is 12.0. The first-order chi connectivity index (χ1) is 17.1. The molecule has 2 N–H and O–H groups in total. The van der Waals surface area contributed by atoms with E-state index in [0.29, 0.717) is 24.1 Å².